The number of carbonyl (C=O) groups is 2. The van der Waals surface area contributed by atoms with E-state index in [1.54, 1.807) is 6.07 Å². The Balaban J connectivity index is 1.64. The van der Waals surface area contributed by atoms with Gasteiger partial charge in [0, 0.05) is 6.42 Å². The summed E-state index contributed by atoms with van der Waals surface area (Å²) in [5, 5.41) is 9.08. The predicted molar refractivity (Wildman–Crippen MR) is 73.3 cm³/mol. The number of rotatable bonds is 6. The summed E-state index contributed by atoms with van der Waals surface area (Å²) in [6.45, 7) is 0.613. The van der Waals surface area contributed by atoms with Crippen LogP contribution in [0.25, 0.3) is 0 Å². The second-order valence-electron chi connectivity index (χ2n) is 5.01. The van der Waals surface area contributed by atoms with Gasteiger partial charge in [-0.1, -0.05) is 12.5 Å². The largest absolute Gasteiger partial charge is 0.505 e. The molecule has 21 heavy (non-hydrogen) atoms. The number of imide groups is 1. The number of phenols is 1. The molecule has 0 spiro atoms. The molecule has 114 valence electrons. The Kier molecular flexibility index (Phi) is 5.14. The Morgan fingerprint density at radius 1 is 1.33 bits per heavy atom. The van der Waals surface area contributed by atoms with E-state index in [9.17, 15) is 14.0 Å². The zero-order valence-corrected chi connectivity index (χ0v) is 11.7. The molecule has 1 aromatic rings. The third-order valence-electron chi connectivity index (χ3n) is 3.43. The SMILES string of the molecule is O=C(CCCCCc1ccc(O)c(F)c1)N1CCOC1=O. The average molecular weight is 295 g/mol. The molecule has 1 fully saturated rings. The number of carbonyl (C=O) groups excluding carboxylic acids is 2. The predicted octanol–water partition coefficient (Wildman–Crippen LogP) is 2.61. The lowest BCUT2D eigenvalue weighted by molar-refractivity contribution is -0.127. The van der Waals surface area contributed by atoms with Crippen LogP contribution in [-0.4, -0.2) is 35.2 Å². The van der Waals surface area contributed by atoms with E-state index in [4.69, 9.17) is 9.84 Å². The number of nitrogens with zero attached hydrogens (tertiary/aromatic N) is 1. The van der Waals surface area contributed by atoms with E-state index in [-0.39, 0.29) is 18.3 Å². The van der Waals surface area contributed by atoms with Crippen molar-refractivity contribution in [1.82, 2.24) is 4.90 Å². The molecule has 0 aliphatic carbocycles. The number of hydrogen-bond donors (Lipinski definition) is 1. The molecule has 2 rings (SSSR count). The summed E-state index contributed by atoms with van der Waals surface area (Å²) in [4.78, 5) is 24.0. The van der Waals surface area contributed by atoms with Gasteiger partial charge in [0.2, 0.25) is 5.91 Å². The number of aromatic hydroxyl groups is 1. The fraction of sp³-hybridized carbons (Fsp3) is 0.467. The molecule has 1 aromatic carbocycles. The molecule has 0 unspecified atom stereocenters. The highest BCUT2D eigenvalue weighted by Gasteiger charge is 2.27. The Morgan fingerprint density at radius 3 is 2.81 bits per heavy atom. The van der Waals surface area contributed by atoms with Gasteiger partial charge < -0.3 is 9.84 Å². The van der Waals surface area contributed by atoms with Crippen molar-refractivity contribution in [2.45, 2.75) is 32.1 Å². The maximum atomic E-state index is 13.1. The van der Waals surface area contributed by atoms with Crippen LogP contribution in [0.4, 0.5) is 9.18 Å². The van der Waals surface area contributed by atoms with Crippen LogP contribution >= 0.6 is 0 Å². The highest BCUT2D eigenvalue weighted by Crippen LogP contribution is 2.18. The minimum atomic E-state index is -0.616. The normalized spacial score (nSPS) is 14.3. The second kappa shape index (κ2) is 7.06. The van der Waals surface area contributed by atoms with Crippen LogP contribution in [-0.2, 0) is 16.0 Å². The van der Waals surface area contributed by atoms with Gasteiger partial charge in [0.05, 0.1) is 6.54 Å². The number of unbranched alkanes of at least 4 members (excludes halogenated alkanes) is 2. The standard InChI is InChI=1S/C15H18FNO4/c16-12-10-11(6-7-13(12)18)4-2-1-3-5-14(19)17-8-9-21-15(17)20/h6-7,10,18H,1-5,8-9H2. The Morgan fingerprint density at radius 2 is 2.14 bits per heavy atom. The molecule has 1 heterocycles. The molecule has 1 N–H and O–H groups in total. The molecule has 0 saturated carbocycles. The van der Waals surface area contributed by atoms with Gasteiger partial charge in [-0.25, -0.2) is 14.1 Å². The number of amides is 2. The zero-order valence-electron chi connectivity index (χ0n) is 11.7. The lowest BCUT2D eigenvalue weighted by atomic mass is 10.1. The Bertz CT molecular complexity index is 532. The van der Waals surface area contributed by atoms with Gasteiger partial charge in [-0.2, -0.15) is 0 Å². The first-order chi connectivity index (χ1) is 10.1. The van der Waals surface area contributed by atoms with Crippen LogP contribution in [0, 0.1) is 5.82 Å². The van der Waals surface area contributed by atoms with Gasteiger partial charge >= 0.3 is 6.09 Å². The fourth-order valence-corrected chi connectivity index (χ4v) is 2.24. The number of ether oxygens (including phenoxy) is 1. The molecule has 0 bridgehead atoms. The van der Waals surface area contributed by atoms with Crippen LogP contribution < -0.4 is 0 Å². The van der Waals surface area contributed by atoms with Gasteiger partial charge in [0.15, 0.2) is 11.6 Å². The zero-order chi connectivity index (χ0) is 15.2. The van der Waals surface area contributed by atoms with Crippen molar-refractivity contribution in [2.75, 3.05) is 13.2 Å². The van der Waals surface area contributed by atoms with Crippen molar-refractivity contribution in [3.8, 4) is 5.75 Å². The van der Waals surface area contributed by atoms with E-state index >= 15 is 0 Å². The van der Waals surface area contributed by atoms with Gasteiger partial charge in [-0.15, -0.1) is 0 Å². The van der Waals surface area contributed by atoms with Crippen LogP contribution in [0.1, 0.15) is 31.2 Å². The van der Waals surface area contributed by atoms with Gasteiger partial charge in [-0.3, -0.25) is 4.79 Å². The Labute approximate surface area is 122 Å². The summed E-state index contributed by atoms with van der Waals surface area (Å²) in [5.74, 6) is -1.16. The van der Waals surface area contributed by atoms with Crippen molar-refractivity contribution in [3.05, 3.63) is 29.6 Å². The van der Waals surface area contributed by atoms with E-state index < -0.39 is 11.9 Å². The lowest BCUT2D eigenvalue weighted by Gasteiger charge is -2.10. The molecule has 6 heteroatoms. The van der Waals surface area contributed by atoms with Crippen molar-refractivity contribution in [3.63, 3.8) is 0 Å². The lowest BCUT2D eigenvalue weighted by Crippen LogP contribution is -2.31. The fourth-order valence-electron chi connectivity index (χ4n) is 2.24. The second-order valence-corrected chi connectivity index (χ2v) is 5.01. The first kappa shape index (κ1) is 15.3. The molecular formula is C15H18FNO4. The van der Waals surface area contributed by atoms with E-state index in [1.807, 2.05) is 0 Å². The topological polar surface area (TPSA) is 66.8 Å². The van der Waals surface area contributed by atoms with Crippen LogP contribution in [0.15, 0.2) is 18.2 Å². The molecule has 0 radical (unpaired) electrons. The molecule has 1 aliphatic rings. The van der Waals surface area contributed by atoms with Crippen LogP contribution in [0.3, 0.4) is 0 Å². The number of cyclic esters (lactones) is 1. The molecule has 5 nitrogen and oxygen atoms in total. The van der Waals surface area contributed by atoms with Crippen molar-refractivity contribution in [2.24, 2.45) is 0 Å². The number of halogens is 1. The summed E-state index contributed by atoms with van der Waals surface area (Å²) in [6, 6.07) is 4.34. The summed E-state index contributed by atoms with van der Waals surface area (Å²) in [6.07, 6.45) is 2.78. The van der Waals surface area contributed by atoms with E-state index in [0.29, 0.717) is 25.8 Å². The third-order valence-corrected chi connectivity index (χ3v) is 3.43. The van der Waals surface area contributed by atoms with Gasteiger partial charge in [0.1, 0.15) is 6.61 Å². The number of phenolic OH excluding ortho intramolecular Hbond substituents is 1. The average Bonchev–Trinajstić information content (AvgIpc) is 2.88. The summed E-state index contributed by atoms with van der Waals surface area (Å²) in [7, 11) is 0. The molecular weight excluding hydrogens is 277 g/mol. The minimum Gasteiger partial charge on any atom is -0.505 e. The minimum absolute atomic E-state index is 0.201. The van der Waals surface area contributed by atoms with Crippen LogP contribution in [0.2, 0.25) is 0 Å². The first-order valence-corrected chi connectivity index (χ1v) is 7.02. The van der Waals surface area contributed by atoms with E-state index in [0.717, 1.165) is 23.3 Å². The summed E-state index contributed by atoms with van der Waals surface area (Å²) < 4.78 is 17.8. The maximum Gasteiger partial charge on any atom is 0.416 e. The summed E-state index contributed by atoms with van der Waals surface area (Å²) >= 11 is 0. The first-order valence-electron chi connectivity index (χ1n) is 7.02. The van der Waals surface area contributed by atoms with Gasteiger partial charge in [0.25, 0.3) is 0 Å². The maximum absolute atomic E-state index is 13.1. The number of aryl methyl sites for hydroxylation is 1. The molecule has 0 atom stereocenters. The molecule has 1 aliphatic heterocycles. The smallest absolute Gasteiger partial charge is 0.416 e. The molecule has 2 amide bonds. The van der Waals surface area contributed by atoms with Gasteiger partial charge in [-0.05, 0) is 37.0 Å². The third kappa shape index (κ3) is 4.18. The summed E-state index contributed by atoms with van der Waals surface area (Å²) in [5.41, 5.74) is 0.819. The molecule has 0 aromatic heterocycles. The highest BCUT2D eigenvalue weighted by molar-refractivity contribution is 5.92. The van der Waals surface area contributed by atoms with Crippen LogP contribution in [0.5, 0.6) is 5.75 Å². The van der Waals surface area contributed by atoms with Crippen molar-refractivity contribution in [1.29, 1.82) is 0 Å². The number of hydrogen-bond acceptors (Lipinski definition) is 4. The molecule has 1 saturated heterocycles. The van der Waals surface area contributed by atoms with E-state index in [2.05, 4.69) is 0 Å². The van der Waals surface area contributed by atoms with Crippen molar-refractivity contribution < 1.29 is 23.8 Å². The highest BCUT2D eigenvalue weighted by atomic mass is 19.1. The van der Waals surface area contributed by atoms with E-state index in [1.165, 1.54) is 12.1 Å². The number of benzene rings is 1. The quantitative estimate of drug-likeness (QED) is 0.819. The van der Waals surface area contributed by atoms with Crippen molar-refractivity contribution >= 4 is 12.0 Å². The monoisotopic (exact) mass is 295 g/mol. The Hall–Kier alpha value is -2.11.